The summed E-state index contributed by atoms with van der Waals surface area (Å²) in [4.78, 5) is 31.8. The number of benzene rings is 1. The van der Waals surface area contributed by atoms with Gasteiger partial charge in [-0.3, -0.25) is 9.69 Å². The predicted molar refractivity (Wildman–Crippen MR) is 132 cm³/mol. The van der Waals surface area contributed by atoms with Gasteiger partial charge in [0.1, 0.15) is 22.6 Å². The van der Waals surface area contributed by atoms with Crippen LogP contribution in [-0.2, 0) is 18.3 Å². The second-order valence-corrected chi connectivity index (χ2v) is 8.33. The van der Waals surface area contributed by atoms with Crippen LogP contribution in [-0.4, -0.2) is 76.4 Å². The number of nitrogens with one attached hydrogen (secondary N) is 2. The van der Waals surface area contributed by atoms with E-state index in [0.29, 0.717) is 36.1 Å². The number of carbonyl (C=O) groups is 2. The predicted octanol–water partition coefficient (Wildman–Crippen LogP) is 1.86. The third-order valence-corrected chi connectivity index (χ3v) is 5.93. The first-order valence-corrected chi connectivity index (χ1v) is 11.6. The van der Waals surface area contributed by atoms with E-state index in [1.165, 1.54) is 10.5 Å². The summed E-state index contributed by atoms with van der Waals surface area (Å²) in [5, 5.41) is 22.0. The summed E-state index contributed by atoms with van der Waals surface area (Å²) in [5.74, 6) is 1.30. The van der Waals surface area contributed by atoms with Crippen LogP contribution in [0, 0.1) is 0 Å². The van der Waals surface area contributed by atoms with Gasteiger partial charge in [-0.25, -0.2) is 9.78 Å². The van der Waals surface area contributed by atoms with Crippen LogP contribution in [0.3, 0.4) is 0 Å². The Morgan fingerprint density at radius 2 is 2.06 bits per heavy atom. The lowest BCUT2D eigenvalue weighted by Gasteiger charge is -2.34. The number of fused-ring (bicyclic) bond motifs is 2. The van der Waals surface area contributed by atoms with Crippen LogP contribution >= 0.6 is 0 Å². The summed E-state index contributed by atoms with van der Waals surface area (Å²) in [5.41, 5.74) is 4.30. The fourth-order valence-electron chi connectivity index (χ4n) is 4.53. The molecule has 0 saturated carbocycles. The van der Waals surface area contributed by atoms with Crippen LogP contribution in [0.2, 0.25) is 0 Å². The quantitative estimate of drug-likeness (QED) is 0.476. The van der Waals surface area contributed by atoms with Crippen LogP contribution in [0.5, 0.6) is 5.75 Å². The van der Waals surface area contributed by atoms with Crippen LogP contribution in [0.25, 0.3) is 11.0 Å². The van der Waals surface area contributed by atoms with Crippen molar-refractivity contribution in [3.63, 3.8) is 0 Å². The Bertz CT molecular complexity index is 1210. The Kier molecular flexibility index (Phi) is 7.30. The van der Waals surface area contributed by atoms with Crippen molar-refractivity contribution >= 4 is 40.7 Å². The highest BCUT2D eigenvalue weighted by atomic mass is 16.5. The van der Waals surface area contributed by atoms with E-state index in [9.17, 15) is 4.79 Å². The second-order valence-electron chi connectivity index (χ2n) is 8.33. The van der Waals surface area contributed by atoms with Crippen molar-refractivity contribution in [2.75, 3.05) is 47.9 Å². The topological polar surface area (TPSA) is 138 Å². The average molecular weight is 483 g/mol. The molecule has 12 nitrogen and oxygen atoms in total. The van der Waals surface area contributed by atoms with Crippen LogP contribution in [0.15, 0.2) is 24.4 Å². The molecule has 0 bridgehead atoms. The van der Waals surface area contributed by atoms with Crippen molar-refractivity contribution in [3.05, 3.63) is 30.0 Å². The fourth-order valence-corrected chi connectivity index (χ4v) is 4.53. The Labute approximate surface area is 202 Å². The number of carbonyl (C=O) groups excluding carboxylic acids is 1. The molecule has 3 N–H and O–H groups in total. The summed E-state index contributed by atoms with van der Waals surface area (Å²) in [6.45, 7) is 7.76. The van der Waals surface area contributed by atoms with E-state index in [0.717, 1.165) is 43.0 Å². The lowest BCUT2D eigenvalue weighted by atomic mass is 10.1. The summed E-state index contributed by atoms with van der Waals surface area (Å²) in [7, 11) is 1.77. The Morgan fingerprint density at radius 3 is 2.77 bits per heavy atom. The Balaban J connectivity index is 0.000000917. The van der Waals surface area contributed by atoms with Crippen molar-refractivity contribution < 1.29 is 19.4 Å². The minimum Gasteiger partial charge on any atom is -0.492 e. The summed E-state index contributed by atoms with van der Waals surface area (Å²) in [6, 6.07) is 5.87. The van der Waals surface area contributed by atoms with E-state index in [1.807, 2.05) is 6.92 Å². The number of piperazine rings is 1. The Hall–Kier alpha value is -3.93. The maximum Gasteiger partial charge on any atom is 0.327 e. The number of pyridine rings is 1. The normalized spacial score (nSPS) is 16.9. The molecule has 1 fully saturated rings. The van der Waals surface area contributed by atoms with Gasteiger partial charge in [0.15, 0.2) is 0 Å². The zero-order valence-corrected chi connectivity index (χ0v) is 20.1. The molecule has 2 amide bonds. The van der Waals surface area contributed by atoms with E-state index in [-0.39, 0.29) is 12.5 Å². The van der Waals surface area contributed by atoms with E-state index in [1.54, 1.807) is 30.3 Å². The van der Waals surface area contributed by atoms with Crippen molar-refractivity contribution in [2.24, 2.45) is 7.05 Å². The second kappa shape index (κ2) is 10.6. The third kappa shape index (κ3) is 5.11. The molecule has 35 heavy (non-hydrogen) atoms. The number of urea groups is 1. The lowest BCUT2D eigenvalue weighted by Crippen LogP contribution is -2.49. The maximum atomic E-state index is 13.3. The first-order valence-electron chi connectivity index (χ1n) is 11.6. The van der Waals surface area contributed by atoms with Crippen molar-refractivity contribution in [1.82, 2.24) is 25.3 Å². The van der Waals surface area contributed by atoms with Gasteiger partial charge in [-0.05, 0) is 32.4 Å². The molecule has 2 aliphatic rings. The number of hydrogen-bond donors (Lipinski definition) is 3. The Morgan fingerprint density at radius 1 is 1.31 bits per heavy atom. The molecule has 186 valence electrons. The van der Waals surface area contributed by atoms with E-state index < -0.39 is 0 Å². The first-order chi connectivity index (χ1) is 16.9. The van der Waals surface area contributed by atoms with Gasteiger partial charge in [0, 0.05) is 62.8 Å². The van der Waals surface area contributed by atoms with E-state index in [2.05, 4.69) is 43.7 Å². The SMILES string of the molecule is CCOc1cc2nn(C)nc2cc1NC(=O)N1CCc2c(N3CCN[C@H](C)C3)ccnc21.O=CO. The van der Waals surface area contributed by atoms with Gasteiger partial charge in [-0.1, -0.05) is 0 Å². The van der Waals surface area contributed by atoms with Gasteiger partial charge < -0.3 is 25.4 Å². The highest BCUT2D eigenvalue weighted by Gasteiger charge is 2.31. The zero-order chi connectivity index (χ0) is 24.9. The molecule has 2 aliphatic heterocycles. The first kappa shape index (κ1) is 24.2. The van der Waals surface area contributed by atoms with Gasteiger partial charge in [-0.2, -0.15) is 15.0 Å². The van der Waals surface area contributed by atoms with Crippen LogP contribution in [0.1, 0.15) is 19.4 Å². The molecule has 5 rings (SSSR count). The van der Waals surface area contributed by atoms with Gasteiger partial charge >= 0.3 is 6.03 Å². The largest absolute Gasteiger partial charge is 0.492 e. The van der Waals surface area contributed by atoms with E-state index >= 15 is 0 Å². The molecule has 0 radical (unpaired) electrons. The van der Waals surface area contributed by atoms with Crippen LogP contribution < -0.4 is 25.2 Å². The molecule has 4 heterocycles. The minimum absolute atomic E-state index is 0.230. The fraction of sp³-hybridized carbons (Fsp3) is 0.435. The molecular formula is C23H30N8O4. The van der Waals surface area contributed by atoms with Crippen LogP contribution in [0.4, 0.5) is 22.0 Å². The molecule has 0 spiro atoms. The number of anilines is 3. The standard InChI is InChI=1S/C22H28N8O2.CH2O2/c1-4-32-20-12-17-16(26-28(3)27-17)11-18(20)25-22(31)30-9-6-15-19(5-7-24-21(15)30)29-10-8-23-14(2)13-29;2-1-3/h5,7,11-12,14,23H,4,6,8-10,13H2,1-3H3,(H,25,31);1H,(H,2,3)/t14-;/m1./s1. The summed E-state index contributed by atoms with van der Waals surface area (Å²) >= 11 is 0. The summed E-state index contributed by atoms with van der Waals surface area (Å²) < 4.78 is 5.76. The van der Waals surface area contributed by atoms with Gasteiger partial charge in [0.2, 0.25) is 0 Å². The van der Waals surface area contributed by atoms with Crippen molar-refractivity contribution in [2.45, 2.75) is 26.3 Å². The van der Waals surface area contributed by atoms with Crippen molar-refractivity contribution in [3.8, 4) is 5.75 Å². The molecule has 1 aromatic carbocycles. The molecule has 0 aliphatic carbocycles. The van der Waals surface area contributed by atoms with Gasteiger partial charge in [0.25, 0.3) is 6.47 Å². The number of aromatic nitrogens is 4. The number of carboxylic acid groups (broad SMARTS) is 1. The number of rotatable bonds is 4. The molecule has 3 aromatic rings. The van der Waals surface area contributed by atoms with Gasteiger partial charge in [-0.15, -0.1) is 0 Å². The zero-order valence-electron chi connectivity index (χ0n) is 20.1. The summed E-state index contributed by atoms with van der Waals surface area (Å²) in [6.07, 6.45) is 2.58. The molecule has 12 heteroatoms. The average Bonchev–Trinajstić information content (AvgIpc) is 3.42. The molecule has 0 unspecified atom stereocenters. The molecular weight excluding hydrogens is 452 g/mol. The number of nitrogens with zero attached hydrogens (tertiary/aromatic N) is 6. The smallest absolute Gasteiger partial charge is 0.327 e. The molecule has 2 aromatic heterocycles. The highest BCUT2D eigenvalue weighted by molar-refractivity contribution is 6.04. The van der Waals surface area contributed by atoms with Crippen molar-refractivity contribution in [1.29, 1.82) is 0 Å². The van der Waals surface area contributed by atoms with Gasteiger partial charge in [0.05, 0.1) is 12.3 Å². The minimum atomic E-state index is -0.250. The highest BCUT2D eigenvalue weighted by Crippen LogP contribution is 2.35. The number of aryl methyl sites for hydroxylation is 1. The number of ether oxygens (including phenoxy) is 1. The lowest BCUT2D eigenvalue weighted by molar-refractivity contribution is -0.122. The maximum absolute atomic E-state index is 13.3. The number of amides is 2. The number of hydrogen-bond acceptors (Lipinski definition) is 8. The molecule has 1 atom stereocenters. The monoisotopic (exact) mass is 482 g/mol. The molecule has 1 saturated heterocycles. The van der Waals surface area contributed by atoms with E-state index in [4.69, 9.17) is 14.6 Å². The third-order valence-electron chi connectivity index (χ3n) is 5.93.